The number of H-pyrrole nitrogens is 2. The highest BCUT2D eigenvalue weighted by molar-refractivity contribution is 5.49. The molecule has 3 N–H and O–H groups in total. The number of aliphatic hydroxyl groups excluding tert-OH is 1. The van der Waals surface area contributed by atoms with Crippen LogP contribution in [-0.2, 0) is 6.42 Å². The number of nitrogens with zero attached hydrogens (tertiary/aromatic N) is 1. The van der Waals surface area contributed by atoms with Gasteiger partial charge in [-0.05, 0) is 19.3 Å². The van der Waals surface area contributed by atoms with Crippen LogP contribution in [0.5, 0.6) is 0 Å². The van der Waals surface area contributed by atoms with Crippen LogP contribution in [0.2, 0.25) is 0 Å². The van der Waals surface area contributed by atoms with Gasteiger partial charge in [0.15, 0.2) is 0 Å². The van der Waals surface area contributed by atoms with Gasteiger partial charge in [0.25, 0.3) is 5.56 Å². The van der Waals surface area contributed by atoms with Crippen molar-refractivity contribution >= 4 is 5.82 Å². The first kappa shape index (κ1) is 11.9. The Morgan fingerprint density at radius 2 is 2.06 bits per heavy atom. The molecular formula is C11H17N3O3. The Morgan fingerprint density at radius 1 is 1.35 bits per heavy atom. The maximum Gasteiger partial charge on any atom is 0.327 e. The summed E-state index contributed by atoms with van der Waals surface area (Å²) >= 11 is 0. The van der Waals surface area contributed by atoms with Crippen LogP contribution in [0, 0.1) is 5.92 Å². The zero-order valence-corrected chi connectivity index (χ0v) is 9.99. The highest BCUT2D eigenvalue weighted by Gasteiger charge is 2.30. The molecule has 0 aromatic carbocycles. The minimum atomic E-state index is -0.501. The third-order valence-electron chi connectivity index (χ3n) is 3.49. The maximum atomic E-state index is 11.7. The SMILES string of the molecule is CC1Cc2c([nH]c(=O)[nH]c2=O)N(CCO)C1C. The summed E-state index contributed by atoms with van der Waals surface area (Å²) in [7, 11) is 0. The number of fused-ring (bicyclic) bond motifs is 1. The largest absolute Gasteiger partial charge is 0.395 e. The van der Waals surface area contributed by atoms with E-state index in [1.54, 1.807) is 0 Å². The first-order chi connectivity index (χ1) is 8.04. The highest BCUT2D eigenvalue weighted by Crippen LogP contribution is 2.28. The lowest BCUT2D eigenvalue weighted by Gasteiger charge is -2.39. The van der Waals surface area contributed by atoms with Crippen LogP contribution in [0.25, 0.3) is 0 Å². The van der Waals surface area contributed by atoms with Crippen molar-refractivity contribution in [2.45, 2.75) is 26.3 Å². The van der Waals surface area contributed by atoms with Gasteiger partial charge in [0.05, 0.1) is 12.2 Å². The molecule has 1 aromatic heterocycles. The lowest BCUT2D eigenvalue weighted by Crippen LogP contribution is -2.47. The molecule has 2 atom stereocenters. The second-order valence-electron chi connectivity index (χ2n) is 4.57. The molecule has 1 aliphatic heterocycles. The quantitative estimate of drug-likeness (QED) is 0.645. The van der Waals surface area contributed by atoms with Gasteiger partial charge >= 0.3 is 5.69 Å². The van der Waals surface area contributed by atoms with Crippen molar-refractivity contribution in [2.24, 2.45) is 5.92 Å². The lowest BCUT2D eigenvalue weighted by atomic mass is 9.90. The molecule has 0 bridgehead atoms. The molecule has 17 heavy (non-hydrogen) atoms. The van der Waals surface area contributed by atoms with Gasteiger partial charge < -0.3 is 10.0 Å². The molecule has 2 unspecified atom stereocenters. The fraction of sp³-hybridized carbons (Fsp3) is 0.636. The molecule has 2 heterocycles. The van der Waals surface area contributed by atoms with E-state index >= 15 is 0 Å². The summed E-state index contributed by atoms with van der Waals surface area (Å²) < 4.78 is 0. The topological polar surface area (TPSA) is 89.2 Å². The minimum absolute atomic E-state index is 0.00860. The summed E-state index contributed by atoms with van der Waals surface area (Å²) in [6.45, 7) is 4.49. The molecule has 0 saturated carbocycles. The summed E-state index contributed by atoms with van der Waals surface area (Å²) in [6, 6.07) is 0.187. The average Bonchev–Trinajstić information content (AvgIpc) is 2.26. The molecule has 0 saturated heterocycles. The Bertz CT molecular complexity index is 519. The predicted octanol–water partition coefficient (Wildman–Crippen LogP) is -0.557. The fourth-order valence-corrected chi connectivity index (χ4v) is 2.36. The van der Waals surface area contributed by atoms with E-state index in [4.69, 9.17) is 5.11 Å². The molecule has 1 aromatic rings. The van der Waals surface area contributed by atoms with Crippen molar-refractivity contribution in [1.29, 1.82) is 0 Å². The summed E-state index contributed by atoms with van der Waals surface area (Å²) in [5, 5.41) is 9.07. The number of aliphatic hydroxyl groups is 1. The van der Waals surface area contributed by atoms with E-state index in [9.17, 15) is 9.59 Å². The number of nitrogens with one attached hydrogen (secondary N) is 2. The van der Waals surface area contributed by atoms with E-state index in [0.29, 0.717) is 30.3 Å². The van der Waals surface area contributed by atoms with Crippen molar-refractivity contribution in [2.75, 3.05) is 18.1 Å². The summed E-state index contributed by atoms with van der Waals surface area (Å²) in [5.41, 5.74) is -0.229. The third-order valence-corrected chi connectivity index (χ3v) is 3.49. The van der Waals surface area contributed by atoms with E-state index in [-0.39, 0.29) is 18.2 Å². The number of β-amino-alcohol motifs (C(OH)–C–C–N with tert-alkyl or cyclic N) is 1. The lowest BCUT2D eigenvalue weighted by molar-refractivity contribution is 0.287. The first-order valence-electron chi connectivity index (χ1n) is 5.77. The summed E-state index contributed by atoms with van der Waals surface area (Å²) in [6.07, 6.45) is 0.643. The summed E-state index contributed by atoms with van der Waals surface area (Å²) in [4.78, 5) is 29.8. The number of aromatic amines is 2. The molecule has 0 fully saturated rings. The molecule has 1 aliphatic rings. The van der Waals surface area contributed by atoms with Crippen LogP contribution in [-0.4, -0.2) is 34.3 Å². The van der Waals surface area contributed by atoms with Gasteiger partial charge in [-0.2, -0.15) is 0 Å². The smallest absolute Gasteiger partial charge is 0.327 e. The molecule has 0 spiro atoms. The fourth-order valence-electron chi connectivity index (χ4n) is 2.36. The monoisotopic (exact) mass is 239 g/mol. The molecule has 0 aliphatic carbocycles. The van der Waals surface area contributed by atoms with Crippen molar-refractivity contribution in [3.05, 3.63) is 26.4 Å². The Hall–Kier alpha value is -1.56. The Labute approximate surface area is 98.3 Å². The Balaban J connectivity index is 2.57. The van der Waals surface area contributed by atoms with Crippen molar-refractivity contribution in [3.8, 4) is 0 Å². The third kappa shape index (κ3) is 2.00. The van der Waals surface area contributed by atoms with Crippen molar-refractivity contribution in [1.82, 2.24) is 9.97 Å². The number of hydrogen-bond acceptors (Lipinski definition) is 4. The predicted molar refractivity (Wildman–Crippen MR) is 64.4 cm³/mol. The van der Waals surface area contributed by atoms with E-state index in [0.717, 1.165) is 0 Å². The standard InChI is InChI=1S/C11H17N3O3/c1-6-5-8-9(12-11(17)13-10(8)16)14(3-4-15)7(6)2/h6-7,15H,3-5H2,1-2H3,(H2,12,13,16,17). The second-order valence-corrected chi connectivity index (χ2v) is 4.57. The van der Waals surface area contributed by atoms with Crippen LogP contribution in [0.4, 0.5) is 5.82 Å². The minimum Gasteiger partial charge on any atom is -0.395 e. The maximum absolute atomic E-state index is 11.7. The summed E-state index contributed by atoms with van der Waals surface area (Å²) in [5.74, 6) is 0.861. The zero-order valence-electron chi connectivity index (χ0n) is 9.99. The van der Waals surface area contributed by atoms with Crippen LogP contribution in [0.3, 0.4) is 0 Å². The van der Waals surface area contributed by atoms with Crippen LogP contribution < -0.4 is 16.1 Å². The Morgan fingerprint density at radius 3 is 2.71 bits per heavy atom. The molecule has 2 rings (SSSR count). The highest BCUT2D eigenvalue weighted by atomic mass is 16.3. The molecular weight excluding hydrogens is 222 g/mol. The van der Waals surface area contributed by atoms with Crippen LogP contribution in [0.15, 0.2) is 9.59 Å². The van der Waals surface area contributed by atoms with Gasteiger partial charge in [-0.25, -0.2) is 4.79 Å². The number of aromatic nitrogens is 2. The molecule has 0 amide bonds. The van der Waals surface area contributed by atoms with Gasteiger partial charge in [-0.3, -0.25) is 14.8 Å². The van der Waals surface area contributed by atoms with E-state index in [2.05, 4.69) is 16.9 Å². The molecule has 0 radical (unpaired) electrons. The number of anilines is 1. The normalized spacial score (nSPS) is 23.6. The van der Waals surface area contributed by atoms with E-state index in [1.807, 2.05) is 11.8 Å². The molecule has 6 heteroatoms. The first-order valence-corrected chi connectivity index (χ1v) is 5.77. The van der Waals surface area contributed by atoms with Gasteiger partial charge in [0, 0.05) is 12.6 Å². The van der Waals surface area contributed by atoms with Gasteiger partial charge in [0.2, 0.25) is 0 Å². The van der Waals surface area contributed by atoms with Gasteiger partial charge in [-0.15, -0.1) is 0 Å². The number of rotatable bonds is 2. The van der Waals surface area contributed by atoms with E-state index < -0.39 is 5.69 Å². The molecule has 6 nitrogen and oxygen atoms in total. The molecule has 94 valence electrons. The number of hydrogen-bond donors (Lipinski definition) is 3. The Kier molecular flexibility index (Phi) is 3.06. The van der Waals surface area contributed by atoms with Crippen molar-refractivity contribution < 1.29 is 5.11 Å². The van der Waals surface area contributed by atoms with Crippen LogP contribution in [0.1, 0.15) is 19.4 Å². The average molecular weight is 239 g/mol. The van der Waals surface area contributed by atoms with Gasteiger partial charge in [-0.1, -0.05) is 6.92 Å². The van der Waals surface area contributed by atoms with Crippen molar-refractivity contribution in [3.63, 3.8) is 0 Å². The van der Waals surface area contributed by atoms with E-state index in [1.165, 1.54) is 0 Å². The zero-order chi connectivity index (χ0) is 12.6. The second kappa shape index (κ2) is 4.37. The van der Waals surface area contributed by atoms with Crippen LogP contribution >= 0.6 is 0 Å². The van der Waals surface area contributed by atoms with Gasteiger partial charge in [0.1, 0.15) is 5.82 Å².